The highest BCUT2D eigenvalue weighted by molar-refractivity contribution is 5.18. The molecule has 0 bridgehead atoms. The van der Waals surface area contributed by atoms with Crippen LogP contribution in [0.25, 0.3) is 0 Å². The van der Waals surface area contributed by atoms with Gasteiger partial charge in [0, 0.05) is 0 Å². The van der Waals surface area contributed by atoms with Crippen molar-refractivity contribution in [3.63, 3.8) is 0 Å². The van der Waals surface area contributed by atoms with E-state index in [1.807, 2.05) is 6.07 Å². The Kier molecular flexibility index (Phi) is 4.22. The molecule has 0 amide bonds. The summed E-state index contributed by atoms with van der Waals surface area (Å²) in [7, 11) is 0. The molecule has 60 valence electrons. The number of rotatable bonds is 0. The molecule has 0 radical (unpaired) electrons. The molecule has 2 N–H and O–H groups in total. The molecule has 1 aromatic carbocycles. The van der Waals surface area contributed by atoms with E-state index in [9.17, 15) is 0 Å². The van der Waals surface area contributed by atoms with Crippen LogP contribution in [0.15, 0.2) is 30.3 Å². The summed E-state index contributed by atoms with van der Waals surface area (Å²) in [5.41, 5.74) is 0. The van der Waals surface area contributed by atoms with Gasteiger partial charge < -0.3 is 10.3 Å². The van der Waals surface area contributed by atoms with E-state index in [1.165, 1.54) is 0 Å². The van der Waals surface area contributed by atoms with Crippen LogP contribution in [0.4, 0.5) is 0 Å². The molecule has 1 rings (SSSR count). The lowest BCUT2D eigenvalue weighted by Gasteiger charge is -1.82. The Morgan fingerprint density at radius 2 is 1.64 bits per heavy atom. The van der Waals surface area contributed by atoms with Crippen molar-refractivity contribution >= 4 is 0 Å². The Labute approximate surface area is 62.6 Å². The summed E-state index contributed by atoms with van der Waals surface area (Å²) in [6, 6.07) is 8.71. The lowest BCUT2D eigenvalue weighted by molar-refractivity contribution is -0.742. The molecule has 0 aliphatic rings. The molecule has 0 aliphatic carbocycles. The Hall–Kier alpha value is -1.78. The van der Waals surface area contributed by atoms with Crippen LogP contribution in [0.1, 0.15) is 0 Å². The quantitative estimate of drug-likeness (QED) is 0.435. The van der Waals surface area contributed by atoms with E-state index in [-0.39, 0.29) is 0 Å². The van der Waals surface area contributed by atoms with E-state index in [0.29, 0.717) is 5.75 Å². The fraction of sp³-hybridized carbons (Fsp3) is 0. The normalized spacial score (nSPS) is 7.64. The summed E-state index contributed by atoms with van der Waals surface area (Å²) < 4.78 is 0. The first-order chi connectivity index (χ1) is 5.13. The minimum Gasteiger partial charge on any atom is -0.508 e. The summed E-state index contributed by atoms with van der Waals surface area (Å²) in [4.78, 5) is 8.36. The number of hydrogen-bond donors (Lipinski definition) is 2. The topological polar surface area (TPSA) is 83.6 Å². The maximum atomic E-state index is 8.63. The smallest absolute Gasteiger partial charge is 0.291 e. The van der Waals surface area contributed by atoms with Crippen LogP contribution in [0.3, 0.4) is 0 Å². The zero-order valence-electron chi connectivity index (χ0n) is 5.54. The Balaban J connectivity index is 0.000000218. The van der Waals surface area contributed by atoms with Gasteiger partial charge in [0.25, 0.3) is 5.09 Å². The summed E-state index contributed by atoms with van der Waals surface area (Å²) in [6.07, 6.45) is 0. The molecule has 0 saturated carbocycles. The standard InChI is InChI=1S/C6H6O.HNO3/c7-6-4-2-1-3-5-6;2-1(3)4/h1-5,7H;(H,2,3,4). The fourth-order valence-corrected chi connectivity index (χ4v) is 0.428. The van der Waals surface area contributed by atoms with Crippen LogP contribution in [0, 0.1) is 10.1 Å². The molecule has 0 heterocycles. The first-order valence-electron chi connectivity index (χ1n) is 2.70. The van der Waals surface area contributed by atoms with Gasteiger partial charge in [-0.15, -0.1) is 10.1 Å². The van der Waals surface area contributed by atoms with Gasteiger partial charge in [0.2, 0.25) is 0 Å². The Bertz CT molecular complexity index is 207. The van der Waals surface area contributed by atoms with Crippen molar-refractivity contribution in [1.29, 1.82) is 0 Å². The van der Waals surface area contributed by atoms with Crippen molar-refractivity contribution in [2.45, 2.75) is 0 Å². The van der Waals surface area contributed by atoms with Crippen molar-refractivity contribution in [2.75, 3.05) is 0 Å². The first-order valence-corrected chi connectivity index (χ1v) is 2.70. The lowest BCUT2D eigenvalue weighted by atomic mass is 10.3. The fourth-order valence-electron chi connectivity index (χ4n) is 0.428. The second-order valence-corrected chi connectivity index (χ2v) is 1.57. The molecule has 11 heavy (non-hydrogen) atoms. The summed E-state index contributed by atoms with van der Waals surface area (Å²) in [5.74, 6) is 0.322. The van der Waals surface area contributed by atoms with E-state index in [0.717, 1.165) is 0 Å². The van der Waals surface area contributed by atoms with Crippen LogP contribution in [0.5, 0.6) is 5.75 Å². The van der Waals surface area contributed by atoms with Crippen LogP contribution >= 0.6 is 0 Å². The lowest BCUT2D eigenvalue weighted by Crippen LogP contribution is -1.81. The highest BCUT2D eigenvalue weighted by Gasteiger charge is 1.74. The van der Waals surface area contributed by atoms with Gasteiger partial charge >= 0.3 is 0 Å². The summed E-state index contributed by atoms with van der Waals surface area (Å²) >= 11 is 0. The van der Waals surface area contributed by atoms with E-state index in [2.05, 4.69) is 0 Å². The van der Waals surface area contributed by atoms with E-state index >= 15 is 0 Å². The largest absolute Gasteiger partial charge is 0.508 e. The van der Waals surface area contributed by atoms with Crippen molar-refractivity contribution < 1.29 is 15.4 Å². The van der Waals surface area contributed by atoms with Crippen molar-refractivity contribution in [3.8, 4) is 5.75 Å². The molecule has 5 heteroatoms. The van der Waals surface area contributed by atoms with Crippen LogP contribution in [-0.2, 0) is 0 Å². The second kappa shape index (κ2) is 5.04. The predicted octanol–water partition coefficient (Wildman–Crippen LogP) is 1.04. The zero-order chi connectivity index (χ0) is 8.69. The van der Waals surface area contributed by atoms with Gasteiger partial charge in [-0.05, 0) is 12.1 Å². The third kappa shape index (κ3) is 8.22. The average Bonchev–Trinajstić information content (AvgIpc) is 1.87. The van der Waals surface area contributed by atoms with Crippen molar-refractivity contribution in [2.24, 2.45) is 0 Å². The number of para-hydroxylation sites is 1. The maximum Gasteiger partial charge on any atom is 0.291 e. The molecule has 0 saturated heterocycles. The highest BCUT2D eigenvalue weighted by atomic mass is 16.9. The van der Waals surface area contributed by atoms with Gasteiger partial charge in [0.05, 0.1) is 0 Å². The van der Waals surface area contributed by atoms with Crippen molar-refractivity contribution in [3.05, 3.63) is 40.4 Å². The van der Waals surface area contributed by atoms with E-state index in [1.54, 1.807) is 24.3 Å². The van der Waals surface area contributed by atoms with Gasteiger partial charge in [-0.3, -0.25) is 0 Å². The number of phenolic OH excluding ortho intramolecular Hbond substituents is 1. The van der Waals surface area contributed by atoms with Gasteiger partial charge in [-0.1, -0.05) is 18.2 Å². The van der Waals surface area contributed by atoms with Crippen molar-refractivity contribution in [1.82, 2.24) is 0 Å². The van der Waals surface area contributed by atoms with Gasteiger partial charge in [0.15, 0.2) is 0 Å². The predicted molar refractivity (Wildman–Crippen MR) is 36.9 cm³/mol. The number of nitrogens with zero attached hydrogens (tertiary/aromatic N) is 1. The van der Waals surface area contributed by atoms with E-state index in [4.69, 9.17) is 20.4 Å². The summed E-state index contributed by atoms with van der Waals surface area (Å²) in [6.45, 7) is 0. The number of phenols is 1. The maximum absolute atomic E-state index is 8.63. The molecule has 0 aromatic heterocycles. The minimum atomic E-state index is -1.50. The molecular formula is C6H7NO4. The van der Waals surface area contributed by atoms with Crippen LogP contribution < -0.4 is 0 Å². The van der Waals surface area contributed by atoms with Gasteiger partial charge in [-0.25, -0.2) is 0 Å². The van der Waals surface area contributed by atoms with Gasteiger partial charge in [0.1, 0.15) is 5.75 Å². The second-order valence-electron chi connectivity index (χ2n) is 1.57. The molecule has 0 aliphatic heterocycles. The zero-order valence-corrected chi connectivity index (χ0v) is 5.54. The number of benzene rings is 1. The third-order valence-electron chi connectivity index (χ3n) is 0.756. The Morgan fingerprint density at radius 1 is 1.27 bits per heavy atom. The molecule has 0 unspecified atom stereocenters. The SMILES string of the molecule is O=[N+]([O-])O.Oc1ccccc1. The monoisotopic (exact) mass is 157 g/mol. The number of aromatic hydroxyl groups is 1. The molecule has 0 atom stereocenters. The highest BCUT2D eigenvalue weighted by Crippen LogP contribution is 2.02. The number of hydrogen-bond acceptors (Lipinski definition) is 3. The third-order valence-corrected chi connectivity index (χ3v) is 0.756. The first kappa shape index (κ1) is 9.22. The Morgan fingerprint density at radius 3 is 1.82 bits per heavy atom. The molecule has 0 spiro atoms. The summed E-state index contributed by atoms with van der Waals surface area (Å²) in [5, 5.41) is 22.3. The molecule has 5 nitrogen and oxygen atoms in total. The van der Waals surface area contributed by atoms with Crippen LogP contribution in [-0.4, -0.2) is 15.4 Å². The molecular weight excluding hydrogens is 150 g/mol. The molecule has 1 aromatic rings. The van der Waals surface area contributed by atoms with Gasteiger partial charge in [-0.2, -0.15) is 0 Å². The minimum absolute atomic E-state index is 0.322. The molecule has 0 fully saturated rings. The van der Waals surface area contributed by atoms with Crippen LogP contribution in [0.2, 0.25) is 0 Å². The average molecular weight is 157 g/mol. The van der Waals surface area contributed by atoms with E-state index < -0.39 is 5.09 Å².